The van der Waals surface area contributed by atoms with E-state index in [4.69, 9.17) is 0 Å². The molecule has 2 aromatic carbocycles. The van der Waals surface area contributed by atoms with Crippen LogP contribution >= 0.6 is 0 Å². The van der Waals surface area contributed by atoms with E-state index in [1.807, 2.05) is 6.07 Å². The second-order valence-electron chi connectivity index (χ2n) is 7.82. The molecule has 1 aromatic heterocycles. The van der Waals surface area contributed by atoms with Gasteiger partial charge in [-0.25, -0.2) is 17.4 Å². The van der Waals surface area contributed by atoms with E-state index in [1.165, 1.54) is 16.8 Å². The number of carbonyl (C=O) groups is 1. The van der Waals surface area contributed by atoms with Gasteiger partial charge in [-0.05, 0) is 44.0 Å². The SMILES string of the molecule is Cc1c(N(CC(=O)N2CCCC2)S(=O)(=O)c2ccccc2)c(=O)n(-c2ccccc2)n1C. The molecule has 4 rings (SSSR count). The Labute approximate surface area is 187 Å². The lowest BCUT2D eigenvalue weighted by atomic mass is 10.3. The van der Waals surface area contributed by atoms with Crippen molar-refractivity contribution in [1.29, 1.82) is 0 Å². The Hall–Kier alpha value is -3.33. The number of hydrogen-bond acceptors (Lipinski definition) is 4. The molecule has 1 fully saturated rings. The van der Waals surface area contributed by atoms with Crippen LogP contribution in [0.4, 0.5) is 5.69 Å². The largest absolute Gasteiger partial charge is 0.341 e. The Morgan fingerprint density at radius 2 is 1.53 bits per heavy atom. The van der Waals surface area contributed by atoms with Crippen LogP contribution in [0, 0.1) is 6.92 Å². The first kappa shape index (κ1) is 21.9. The molecule has 1 aliphatic heterocycles. The fourth-order valence-corrected chi connectivity index (χ4v) is 5.52. The minimum Gasteiger partial charge on any atom is -0.341 e. The van der Waals surface area contributed by atoms with E-state index in [2.05, 4.69) is 0 Å². The van der Waals surface area contributed by atoms with Gasteiger partial charge in [0.15, 0.2) is 0 Å². The van der Waals surface area contributed by atoms with Gasteiger partial charge in [-0.3, -0.25) is 14.3 Å². The third kappa shape index (κ3) is 3.84. The Morgan fingerprint density at radius 3 is 2.12 bits per heavy atom. The van der Waals surface area contributed by atoms with Gasteiger partial charge in [0.2, 0.25) is 5.91 Å². The fourth-order valence-electron chi connectivity index (χ4n) is 4.03. The first-order chi connectivity index (χ1) is 15.3. The van der Waals surface area contributed by atoms with Crippen molar-refractivity contribution in [1.82, 2.24) is 14.3 Å². The normalized spacial score (nSPS) is 14.0. The van der Waals surface area contributed by atoms with Crippen molar-refractivity contribution < 1.29 is 13.2 Å². The minimum absolute atomic E-state index is 0.0206. The number of anilines is 1. The maximum absolute atomic E-state index is 13.6. The number of sulfonamides is 1. The fraction of sp³-hybridized carbons (Fsp3) is 0.304. The highest BCUT2D eigenvalue weighted by atomic mass is 32.2. The average Bonchev–Trinajstić information content (AvgIpc) is 3.41. The highest BCUT2D eigenvalue weighted by molar-refractivity contribution is 7.92. The minimum atomic E-state index is -4.15. The molecule has 9 heteroatoms. The van der Waals surface area contributed by atoms with Gasteiger partial charge in [-0.1, -0.05) is 36.4 Å². The molecule has 0 unspecified atom stereocenters. The first-order valence-electron chi connectivity index (χ1n) is 10.5. The molecule has 0 atom stereocenters. The van der Waals surface area contributed by atoms with Gasteiger partial charge in [0.25, 0.3) is 15.6 Å². The maximum Gasteiger partial charge on any atom is 0.296 e. The van der Waals surface area contributed by atoms with E-state index in [-0.39, 0.29) is 16.5 Å². The number of para-hydroxylation sites is 1. The van der Waals surface area contributed by atoms with Crippen LogP contribution in [0.25, 0.3) is 5.69 Å². The predicted molar refractivity (Wildman–Crippen MR) is 123 cm³/mol. The van der Waals surface area contributed by atoms with Crippen molar-refractivity contribution in [3.05, 3.63) is 76.7 Å². The van der Waals surface area contributed by atoms with Crippen molar-refractivity contribution in [2.75, 3.05) is 23.9 Å². The number of aromatic nitrogens is 2. The van der Waals surface area contributed by atoms with Gasteiger partial charge in [0, 0.05) is 20.1 Å². The van der Waals surface area contributed by atoms with E-state index >= 15 is 0 Å². The Morgan fingerprint density at radius 1 is 0.969 bits per heavy atom. The van der Waals surface area contributed by atoms with Crippen molar-refractivity contribution in [3.63, 3.8) is 0 Å². The summed E-state index contributed by atoms with van der Waals surface area (Å²) in [4.78, 5) is 28.2. The summed E-state index contributed by atoms with van der Waals surface area (Å²) in [6.45, 7) is 2.45. The van der Waals surface area contributed by atoms with Crippen molar-refractivity contribution in [2.24, 2.45) is 7.05 Å². The van der Waals surface area contributed by atoms with E-state index in [0.717, 1.165) is 17.1 Å². The molecule has 0 saturated carbocycles. The Bertz CT molecular complexity index is 1270. The lowest BCUT2D eigenvalue weighted by Gasteiger charge is -2.25. The summed E-state index contributed by atoms with van der Waals surface area (Å²) in [5, 5.41) is 0. The average molecular weight is 455 g/mol. The lowest BCUT2D eigenvalue weighted by molar-refractivity contribution is -0.128. The maximum atomic E-state index is 13.6. The summed E-state index contributed by atoms with van der Waals surface area (Å²) in [5.74, 6) is -0.309. The molecule has 0 radical (unpaired) electrons. The van der Waals surface area contributed by atoms with E-state index in [1.54, 1.807) is 66.0 Å². The summed E-state index contributed by atoms with van der Waals surface area (Å²) in [6, 6.07) is 16.9. The van der Waals surface area contributed by atoms with Crippen molar-refractivity contribution in [2.45, 2.75) is 24.7 Å². The van der Waals surface area contributed by atoms with Crippen LogP contribution < -0.4 is 9.86 Å². The zero-order chi connectivity index (χ0) is 22.9. The van der Waals surface area contributed by atoms with Crippen molar-refractivity contribution >= 4 is 21.6 Å². The van der Waals surface area contributed by atoms with Crippen LogP contribution in [-0.2, 0) is 21.9 Å². The molecule has 0 aliphatic carbocycles. The molecule has 2 heterocycles. The van der Waals surface area contributed by atoms with Crippen LogP contribution in [-0.4, -0.2) is 48.2 Å². The Kier molecular flexibility index (Phi) is 5.92. The molecule has 32 heavy (non-hydrogen) atoms. The zero-order valence-corrected chi connectivity index (χ0v) is 19.0. The number of amides is 1. The third-order valence-corrected chi connectivity index (χ3v) is 7.60. The molecule has 0 bridgehead atoms. The molecule has 3 aromatic rings. The van der Waals surface area contributed by atoms with Crippen LogP contribution in [0.3, 0.4) is 0 Å². The van der Waals surface area contributed by atoms with Gasteiger partial charge >= 0.3 is 0 Å². The van der Waals surface area contributed by atoms with Crippen LogP contribution in [0.1, 0.15) is 18.5 Å². The molecular formula is C23H26N4O4S. The molecular weight excluding hydrogens is 428 g/mol. The predicted octanol–water partition coefficient (Wildman–Crippen LogP) is 2.30. The molecule has 0 N–H and O–H groups in total. The molecule has 1 aliphatic rings. The standard InChI is InChI=1S/C23H26N4O4S/c1-18-22(23(29)27(24(18)2)19-11-5-3-6-12-19)26(17-21(28)25-15-9-10-16-25)32(30,31)20-13-7-4-8-14-20/h3-8,11-14H,9-10,15-17H2,1-2H3. The second-order valence-corrected chi connectivity index (χ2v) is 9.69. The summed E-state index contributed by atoms with van der Waals surface area (Å²) in [7, 11) is -2.45. The smallest absolute Gasteiger partial charge is 0.296 e. The number of rotatable bonds is 6. The highest BCUT2D eigenvalue weighted by Gasteiger charge is 2.34. The number of likely N-dealkylation sites (tertiary alicyclic amines) is 1. The summed E-state index contributed by atoms with van der Waals surface area (Å²) < 4.78 is 31.3. The van der Waals surface area contributed by atoms with E-state index in [0.29, 0.717) is 24.5 Å². The van der Waals surface area contributed by atoms with Gasteiger partial charge in [-0.2, -0.15) is 0 Å². The summed E-state index contributed by atoms with van der Waals surface area (Å²) >= 11 is 0. The summed E-state index contributed by atoms with van der Waals surface area (Å²) in [6.07, 6.45) is 1.78. The van der Waals surface area contributed by atoms with Gasteiger partial charge in [0.1, 0.15) is 12.2 Å². The van der Waals surface area contributed by atoms with E-state index < -0.39 is 22.1 Å². The molecule has 1 amide bonds. The quantitative estimate of drug-likeness (QED) is 0.572. The van der Waals surface area contributed by atoms with Crippen molar-refractivity contribution in [3.8, 4) is 5.69 Å². The monoisotopic (exact) mass is 454 g/mol. The number of hydrogen-bond donors (Lipinski definition) is 0. The summed E-state index contributed by atoms with van der Waals surface area (Å²) in [5.41, 5.74) is 0.544. The number of nitrogens with zero attached hydrogens (tertiary/aromatic N) is 4. The number of benzene rings is 2. The van der Waals surface area contributed by atoms with Gasteiger partial charge < -0.3 is 4.90 Å². The topological polar surface area (TPSA) is 84.6 Å². The molecule has 168 valence electrons. The van der Waals surface area contributed by atoms with Crippen LogP contribution in [0.2, 0.25) is 0 Å². The van der Waals surface area contributed by atoms with E-state index in [9.17, 15) is 18.0 Å². The molecule has 0 spiro atoms. The molecule has 1 saturated heterocycles. The van der Waals surface area contributed by atoms with Crippen LogP contribution in [0.5, 0.6) is 0 Å². The van der Waals surface area contributed by atoms with Gasteiger partial charge in [0.05, 0.1) is 16.3 Å². The van der Waals surface area contributed by atoms with Gasteiger partial charge in [-0.15, -0.1) is 0 Å². The highest BCUT2D eigenvalue weighted by Crippen LogP contribution is 2.26. The zero-order valence-electron chi connectivity index (χ0n) is 18.1. The lowest BCUT2D eigenvalue weighted by Crippen LogP contribution is -2.44. The van der Waals surface area contributed by atoms with Crippen LogP contribution in [0.15, 0.2) is 70.4 Å². The third-order valence-electron chi connectivity index (χ3n) is 5.84. The first-order valence-corrected chi connectivity index (χ1v) is 12.0. The number of carbonyl (C=O) groups excluding carboxylic acids is 1. The second kappa shape index (κ2) is 8.66. The Balaban J connectivity index is 1.87. The molecule has 8 nitrogen and oxygen atoms in total.